The van der Waals surface area contributed by atoms with Gasteiger partial charge >= 0.3 is 0 Å². The topological polar surface area (TPSA) is 40.7 Å². The van der Waals surface area contributed by atoms with Crippen molar-refractivity contribution in [3.05, 3.63) is 51.8 Å². The predicted octanol–water partition coefficient (Wildman–Crippen LogP) is 3.59. The molecule has 1 aromatic carbocycles. The Hall–Kier alpha value is -1.13. The normalized spacial score (nSPS) is 16.3. The lowest BCUT2D eigenvalue weighted by Crippen LogP contribution is -2.25. The summed E-state index contributed by atoms with van der Waals surface area (Å²) in [6.07, 6.45) is 5.76. The van der Waals surface area contributed by atoms with Crippen LogP contribution in [0.4, 0.5) is 0 Å². The number of H-pyrrole nitrogens is 1. The van der Waals surface area contributed by atoms with E-state index in [1.807, 2.05) is 6.20 Å². The number of aryl methyl sites for hydroxylation is 1. The fourth-order valence-corrected chi connectivity index (χ4v) is 2.91. The lowest BCUT2D eigenvalue weighted by molar-refractivity contribution is 0.454. The average molecular weight is 334 g/mol. The molecular weight excluding hydrogens is 314 g/mol. The summed E-state index contributed by atoms with van der Waals surface area (Å²) < 4.78 is 1.15. The summed E-state index contributed by atoms with van der Waals surface area (Å²) in [5.41, 5.74) is 4.34. The zero-order valence-corrected chi connectivity index (χ0v) is 13.3. The number of nitrogens with zero attached hydrogens (tertiary/aromatic N) is 1. The zero-order chi connectivity index (χ0) is 14.0. The first-order valence-corrected chi connectivity index (χ1v) is 7.90. The summed E-state index contributed by atoms with van der Waals surface area (Å²) in [6.45, 7) is 4.07. The van der Waals surface area contributed by atoms with E-state index in [4.69, 9.17) is 0 Å². The summed E-state index contributed by atoms with van der Waals surface area (Å²) in [6, 6.07) is 8.72. The van der Waals surface area contributed by atoms with Crippen LogP contribution in [0.3, 0.4) is 0 Å². The Morgan fingerprint density at radius 2 is 2.05 bits per heavy atom. The number of benzene rings is 1. The molecule has 0 bridgehead atoms. The van der Waals surface area contributed by atoms with E-state index in [0.717, 1.165) is 23.3 Å². The monoisotopic (exact) mass is 333 g/mol. The summed E-state index contributed by atoms with van der Waals surface area (Å²) in [4.78, 5) is 0. The Balaban J connectivity index is 1.52. The second-order valence-corrected chi connectivity index (χ2v) is 6.84. The molecule has 0 radical (unpaired) electrons. The van der Waals surface area contributed by atoms with E-state index in [-0.39, 0.29) is 0 Å². The van der Waals surface area contributed by atoms with Crippen LogP contribution in [0.2, 0.25) is 0 Å². The van der Waals surface area contributed by atoms with Crippen LogP contribution in [-0.4, -0.2) is 16.7 Å². The van der Waals surface area contributed by atoms with Gasteiger partial charge in [-0.25, -0.2) is 0 Å². The molecule has 0 saturated heterocycles. The van der Waals surface area contributed by atoms with Crippen LogP contribution in [0.1, 0.15) is 29.7 Å². The molecule has 0 aliphatic heterocycles. The molecule has 20 heavy (non-hydrogen) atoms. The van der Waals surface area contributed by atoms with Gasteiger partial charge in [0, 0.05) is 28.8 Å². The van der Waals surface area contributed by atoms with Crippen molar-refractivity contribution in [3.63, 3.8) is 0 Å². The van der Waals surface area contributed by atoms with E-state index in [1.165, 1.54) is 30.4 Å². The van der Waals surface area contributed by atoms with Gasteiger partial charge in [-0.3, -0.25) is 5.10 Å². The third-order valence-electron chi connectivity index (χ3n) is 4.20. The summed E-state index contributed by atoms with van der Waals surface area (Å²) in [5.74, 6) is 0. The molecule has 2 aromatic rings. The lowest BCUT2D eigenvalue weighted by atomic mass is 9.96. The number of nitrogens with one attached hydrogen (secondary N) is 2. The molecule has 0 spiro atoms. The number of rotatable bonds is 6. The molecule has 1 heterocycles. The van der Waals surface area contributed by atoms with E-state index in [9.17, 15) is 0 Å². The Labute approximate surface area is 128 Å². The highest BCUT2D eigenvalue weighted by molar-refractivity contribution is 9.10. The molecule has 0 amide bonds. The molecule has 0 atom stereocenters. The first kappa shape index (κ1) is 13.8. The largest absolute Gasteiger partial charge is 0.312 e. The van der Waals surface area contributed by atoms with Crippen LogP contribution in [0.25, 0.3) is 0 Å². The Kier molecular flexibility index (Phi) is 3.94. The zero-order valence-electron chi connectivity index (χ0n) is 11.7. The minimum Gasteiger partial charge on any atom is -0.312 e. The van der Waals surface area contributed by atoms with Crippen molar-refractivity contribution in [1.82, 2.24) is 15.5 Å². The van der Waals surface area contributed by atoms with Crippen LogP contribution < -0.4 is 5.32 Å². The number of halogens is 1. The molecule has 3 nitrogen and oxygen atoms in total. The summed E-state index contributed by atoms with van der Waals surface area (Å²) in [7, 11) is 0. The minimum atomic E-state index is 0.478. The number of aromatic nitrogens is 2. The molecule has 3 rings (SSSR count). The second-order valence-electron chi connectivity index (χ2n) is 5.93. The number of hydrogen-bond acceptors (Lipinski definition) is 2. The fourth-order valence-electron chi connectivity index (χ4n) is 2.64. The van der Waals surface area contributed by atoms with Crippen LogP contribution in [0.5, 0.6) is 0 Å². The first-order valence-electron chi connectivity index (χ1n) is 7.11. The molecule has 1 aliphatic rings. The molecule has 4 heteroatoms. The molecule has 1 aromatic heterocycles. The van der Waals surface area contributed by atoms with Gasteiger partial charge in [-0.15, -0.1) is 0 Å². The van der Waals surface area contributed by atoms with Gasteiger partial charge in [0.1, 0.15) is 0 Å². The fraction of sp³-hybridized carbons (Fsp3) is 0.438. The Morgan fingerprint density at radius 3 is 2.65 bits per heavy atom. The van der Waals surface area contributed by atoms with Gasteiger partial charge in [0.25, 0.3) is 0 Å². The van der Waals surface area contributed by atoms with Gasteiger partial charge < -0.3 is 5.32 Å². The number of aromatic amines is 1. The maximum absolute atomic E-state index is 4.06. The van der Waals surface area contributed by atoms with Crippen LogP contribution in [0.15, 0.2) is 34.9 Å². The molecule has 1 fully saturated rings. The maximum atomic E-state index is 4.06. The first-order chi connectivity index (χ1) is 9.67. The van der Waals surface area contributed by atoms with Crippen molar-refractivity contribution >= 4 is 15.9 Å². The molecule has 1 saturated carbocycles. The third-order valence-corrected chi connectivity index (χ3v) is 4.73. The van der Waals surface area contributed by atoms with Crippen molar-refractivity contribution in [3.8, 4) is 0 Å². The van der Waals surface area contributed by atoms with E-state index in [2.05, 4.69) is 62.6 Å². The van der Waals surface area contributed by atoms with Crippen LogP contribution >= 0.6 is 15.9 Å². The van der Waals surface area contributed by atoms with E-state index >= 15 is 0 Å². The highest BCUT2D eigenvalue weighted by Gasteiger charge is 2.41. The quantitative estimate of drug-likeness (QED) is 0.848. The van der Waals surface area contributed by atoms with Crippen molar-refractivity contribution in [2.75, 3.05) is 6.54 Å². The number of hydrogen-bond donors (Lipinski definition) is 2. The van der Waals surface area contributed by atoms with Gasteiger partial charge in [-0.1, -0.05) is 28.1 Å². The van der Waals surface area contributed by atoms with Crippen molar-refractivity contribution in [1.29, 1.82) is 0 Å². The van der Waals surface area contributed by atoms with Crippen molar-refractivity contribution in [2.24, 2.45) is 5.41 Å². The Morgan fingerprint density at radius 1 is 1.30 bits per heavy atom. The molecular formula is C16H20BrN3. The average Bonchev–Trinajstić information content (AvgIpc) is 3.08. The highest BCUT2D eigenvalue weighted by atomic mass is 79.9. The predicted molar refractivity (Wildman–Crippen MR) is 84.5 cm³/mol. The van der Waals surface area contributed by atoms with Crippen molar-refractivity contribution in [2.45, 2.75) is 32.7 Å². The SMILES string of the molecule is Cc1[nH]ncc1CNCC1(Cc2ccc(Br)cc2)CC1. The summed E-state index contributed by atoms with van der Waals surface area (Å²) in [5, 5.41) is 10.6. The smallest absolute Gasteiger partial charge is 0.0535 e. The Bertz CT molecular complexity index is 570. The highest BCUT2D eigenvalue weighted by Crippen LogP contribution is 2.47. The molecule has 2 N–H and O–H groups in total. The van der Waals surface area contributed by atoms with Gasteiger partial charge in [-0.2, -0.15) is 5.10 Å². The van der Waals surface area contributed by atoms with E-state index < -0.39 is 0 Å². The summed E-state index contributed by atoms with van der Waals surface area (Å²) >= 11 is 3.49. The standard InChI is InChI=1S/C16H20BrN3/c1-12-14(10-19-20-12)9-18-11-16(6-7-16)8-13-2-4-15(17)5-3-13/h2-5,10,18H,6-9,11H2,1H3,(H,19,20). The maximum Gasteiger partial charge on any atom is 0.0535 e. The van der Waals surface area contributed by atoms with Gasteiger partial charge in [0.15, 0.2) is 0 Å². The van der Waals surface area contributed by atoms with E-state index in [0.29, 0.717) is 5.41 Å². The molecule has 0 unspecified atom stereocenters. The second kappa shape index (κ2) is 5.70. The van der Waals surface area contributed by atoms with Crippen molar-refractivity contribution < 1.29 is 0 Å². The van der Waals surface area contributed by atoms with Gasteiger partial charge in [0.2, 0.25) is 0 Å². The van der Waals surface area contributed by atoms with Gasteiger partial charge in [-0.05, 0) is 49.3 Å². The molecule has 1 aliphatic carbocycles. The van der Waals surface area contributed by atoms with E-state index in [1.54, 1.807) is 0 Å². The molecule has 106 valence electrons. The van der Waals surface area contributed by atoms with Crippen LogP contribution in [0, 0.1) is 12.3 Å². The lowest BCUT2D eigenvalue weighted by Gasteiger charge is -2.16. The third kappa shape index (κ3) is 3.30. The minimum absolute atomic E-state index is 0.478. The van der Waals surface area contributed by atoms with Crippen LogP contribution in [-0.2, 0) is 13.0 Å². The van der Waals surface area contributed by atoms with Gasteiger partial charge in [0.05, 0.1) is 6.20 Å².